The Morgan fingerprint density at radius 2 is 1.86 bits per heavy atom. The van der Waals surface area contributed by atoms with Gasteiger partial charge in [0.2, 0.25) is 5.95 Å². The molecule has 0 saturated heterocycles. The van der Waals surface area contributed by atoms with Gasteiger partial charge in [0.1, 0.15) is 11.4 Å². The standard InChI is InChI=1S/C22H24N4O2/c1-5-16-9-6-8-14(2)20(16)26-22-23-15(3)12-19(25-22)21(27)24-17-10-7-11-18(13-17)28-4/h6-13H,5H2,1-4H3,(H,24,27)(H,23,25,26). The molecule has 0 spiro atoms. The summed E-state index contributed by atoms with van der Waals surface area (Å²) < 4.78 is 5.19. The van der Waals surface area contributed by atoms with E-state index in [0.717, 1.165) is 17.7 Å². The Balaban J connectivity index is 1.86. The van der Waals surface area contributed by atoms with Crippen LogP contribution in [0.3, 0.4) is 0 Å². The van der Waals surface area contributed by atoms with E-state index < -0.39 is 0 Å². The number of carbonyl (C=O) groups is 1. The Labute approximate surface area is 165 Å². The van der Waals surface area contributed by atoms with E-state index in [4.69, 9.17) is 4.74 Å². The summed E-state index contributed by atoms with van der Waals surface area (Å²) in [5, 5.41) is 6.14. The Morgan fingerprint density at radius 1 is 1.07 bits per heavy atom. The molecule has 0 bridgehead atoms. The van der Waals surface area contributed by atoms with E-state index in [2.05, 4.69) is 33.6 Å². The number of ether oxygens (including phenoxy) is 1. The first-order chi connectivity index (χ1) is 13.5. The molecule has 144 valence electrons. The van der Waals surface area contributed by atoms with Gasteiger partial charge in [-0.1, -0.05) is 31.2 Å². The predicted molar refractivity (Wildman–Crippen MR) is 112 cm³/mol. The lowest BCUT2D eigenvalue weighted by atomic mass is 10.1. The largest absolute Gasteiger partial charge is 0.497 e. The van der Waals surface area contributed by atoms with E-state index in [1.807, 2.05) is 38.1 Å². The molecule has 2 aromatic carbocycles. The maximum atomic E-state index is 12.7. The number of aromatic nitrogens is 2. The van der Waals surface area contributed by atoms with Crippen molar-refractivity contribution in [3.63, 3.8) is 0 Å². The molecule has 0 atom stereocenters. The van der Waals surface area contributed by atoms with Crippen LogP contribution in [0.2, 0.25) is 0 Å². The second-order valence-corrected chi connectivity index (χ2v) is 6.49. The molecule has 0 aliphatic heterocycles. The summed E-state index contributed by atoms with van der Waals surface area (Å²) in [6, 6.07) is 15.0. The van der Waals surface area contributed by atoms with Crippen molar-refractivity contribution in [3.05, 3.63) is 71.0 Å². The highest BCUT2D eigenvalue weighted by molar-refractivity contribution is 6.03. The number of aryl methyl sites for hydroxylation is 3. The number of carbonyl (C=O) groups excluding carboxylic acids is 1. The number of hydrogen-bond acceptors (Lipinski definition) is 5. The van der Waals surface area contributed by atoms with Crippen molar-refractivity contribution in [1.82, 2.24) is 9.97 Å². The quantitative estimate of drug-likeness (QED) is 0.654. The van der Waals surface area contributed by atoms with Crippen LogP contribution in [0.5, 0.6) is 5.75 Å². The molecule has 0 aliphatic carbocycles. The van der Waals surface area contributed by atoms with Gasteiger partial charge >= 0.3 is 0 Å². The number of hydrogen-bond donors (Lipinski definition) is 2. The molecule has 28 heavy (non-hydrogen) atoms. The Bertz CT molecular complexity index is 1000. The monoisotopic (exact) mass is 376 g/mol. The molecule has 2 N–H and O–H groups in total. The van der Waals surface area contributed by atoms with Gasteiger partial charge in [-0.05, 0) is 49.6 Å². The summed E-state index contributed by atoms with van der Waals surface area (Å²) in [5.74, 6) is 0.771. The summed E-state index contributed by atoms with van der Waals surface area (Å²) in [6.07, 6.45) is 0.888. The normalized spacial score (nSPS) is 10.4. The average Bonchev–Trinajstić information content (AvgIpc) is 2.69. The van der Waals surface area contributed by atoms with Gasteiger partial charge < -0.3 is 15.4 Å². The highest BCUT2D eigenvalue weighted by Crippen LogP contribution is 2.24. The third-order valence-corrected chi connectivity index (χ3v) is 4.39. The zero-order chi connectivity index (χ0) is 20.1. The third-order valence-electron chi connectivity index (χ3n) is 4.39. The predicted octanol–water partition coefficient (Wildman–Crippen LogP) is 4.66. The van der Waals surface area contributed by atoms with E-state index in [0.29, 0.717) is 28.8 Å². The van der Waals surface area contributed by atoms with E-state index >= 15 is 0 Å². The maximum absolute atomic E-state index is 12.7. The van der Waals surface area contributed by atoms with Gasteiger partial charge in [0, 0.05) is 23.1 Å². The van der Waals surface area contributed by atoms with Gasteiger partial charge in [0.15, 0.2) is 0 Å². The Hall–Kier alpha value is -3.41. The Kier molecular flexibility index (Phi) is 5.89. The minimum atomic E-state index is -0.303. The molecule has 0 saturated carbocycles. The molecule has 6 heteroatoms. The number of para-hydroxylation sites is 1. The fourth-order valence-electron chi connectivity index (χ4n) is 2.95. The minimum Gasteiger partial charge on any atom is -0.497 e. The van der Waals surface area contributed by atoms with Crippen LogP contribution in [0.1, 0.15) is 34.2 Å². The average molecular weight is 376 g/mol. The zero-order valence-corrected chi connectivity index (χ0v) is 16.5. The maximum Gasteiger partial charge on any atom is 0.274 e. The smallest absolute Gasteiger partial charge is 0.274 e. The van der Waals surface area contributed by atoms with Crippen molar-refractivity contribution in [2.45, 2.75) is 27.2 Å². The summed E-state index contributed by atoms with van der Waals surface area (Å²) >= 11 is 0. The van der Waals surface area contributed by atoms with Crippen molar-refractivity contribution in [3.8, 4) is 5.75 Å². The molecule has 0 radical (unpaired) electrons. The lowest BCUT2D eigenvalue weighted by Crippen LogP contribution is -2.15. The molecular weight excluding hydrogens is 352 g/mol. The van der Waals surface area contributed by atoms with Crippen molar-refractivity contribution in [2.24, 2.45) is 0 Å². The molecule has 1 amide bonds. The van der Waals surface area contributed by atoms with Crippen LogP contribution >= 0.6 is 0 Å². The first-order valence-corrected chi connectivity index (χ1v) is 9.16. The minimum absolute atomic E-state index is 0.296. The summed E-state index contributed by atoms with van der Waals surface area (Å²) in [6.45, 7) is 5.98. The second kappa shape index (κ2) is 8.52. The number of anilines is 3. The highest BCUT2D eigenvalue weighted by atomic mass is 16.5. The van der Waals surface area contributed by atoms with Crippen LogP contribution in [0.4, 0.5) is 17.3 Å². The molecule has 3 rings (SSSR count). The molecular formula is C22H24N4O2. The van der Waals surface area contributed by atoms with Crippen LogP contribution in [0, 0.1) is 13.8 Å². The zero-order valence-electron chi connectivity index (χ0n) is 16.5. The number of benzene rings is 2. The van der Waals surface area contributed by atoms with E-state index in [-0.39, 0.29) is 5.91 Å². The van der Waals surface area contributed by atoms with Gasteiger partial charge in [-0.25, -0.2) is 9.97 Å². The van der Waals surface area contributed by atoms with Crippen LogP contribution in [0.15, 0.2) is 48.5 Å². The van der Waals surface area contributed by atoms with Crippen molar-refractivity contribution < 1.29 is 9.53 Å². The highest BCUT2D eigenvalue weighted by Gasteiger charge is 2.13. The van der Waals surface area contributed by atoms with Gasteiger partial charge in [0.25, 0.3) is 5.91 Å². The topological polar surface area (TPSA) is 76.1 Å². The fraction of sp³-hybridized carbons (Fsp3) is 0.227. The molecule has 0 unspecified atom stereocenters. The summed E-state index contributed by atoms with van der Waals surface area (Å²) in [5.41, 5.74) is 4.90. The van der Waals surface area contributed by atoms with Gasteiger partial charge in [-0.3, -0.25) is 4.79 Å². The molecule has 1 aromatic heterocycles. The molecule has 1 heterocycles. The number of methoxy groups -OCH3 is 1. The molecule has 0 aliphatic rings. The third kappa shape index (κ3) is 4.46. The first kappa shape index (κ1) is 19.4. The summed E-state index contributed by atoms with van der Waals surface area (Å²) in [4.78, 5) is 21.5. The second-order valence-electron chi connectivity index (χ2n) is 6.49. The number of nitrogens with zero attached hydrogens (tertiary/aromatic N) is 2. The van der Waals surface area contributed by atoms with Crippen LogP contribution < -0.4 is 15.4 Å². The molecule has 6 nitrogen and oxygen atoms in total. The number of nitrogens with one attached hydrogen (secondary N) is 2. The number of rotatable bonds is 6. The fourth-order valence-corrected chi connectivity index (χ4v) is 2.95. The van der Waals surface area contributed by atoms with Crippen LogP contribution in [-0.4, -0.2) is 23.0 Å². The van der Waals surface area contributed by atoms with Crippen LogP contribution in [-0.2, 0) is 6.42 Å². The van der Waals surface area contributed by atoms with Crippen molar-refractivity contribution in [1.29, 1.82) is 0 Å². The van der Waals surface area contributed by atoms with Gasteiger partial charge in [0.05, 0.1) is 7.11 Å². The number of amides is 1. The van der Waals surface area contributed by atoms with Crippen molar-refractivity contribution in [2.75, 3.05) is 17.7 Å². The summed E-state index contributed by atoms with van der Waals surface area (Å²) in [7, 11) is 1.59. The lowest BCUT2D eigenvalue weighted by Gasteiger charge is -2.14. The van der Waals surface area contributed by atoms with Gasteiger partial charge in [-0.2, -0.15) is 0 Å². The lowest BCUT2D eigenvalue weighted by molar-refractivity contribution is 0.102. The SMILES string of the molecule is CCc1cccc(C)c1Nc1nc(C)cc(C(=O)Nc2cccc(OC)c2)n1. The van der Waals surface area contributed by atoms with Crippen LogP contribution in [0.25, 0.3) is 0 Å². The van der Waals surface area contributed by atoms with E-state index in [1.165, 1.54) is 5.56 Å². The van der Waals surface area contributed by atoms with Gasteiger partial charge in [-0.15, -0.1) is 0 Å². The molecule has 3 aromatic rings. The Morgan fingerprint density at radius 3 is 2.61 bits per heavy atom. The first-order valence-electron chi connectivity index (χ1n) is 9.16. The van der Waals surface area contributed by atoms with Crippen molar-refractivity contribution >= 4 is 23.2 Å². The van der Waals surface area contributed by atoms with E-state index in [9.17, 15) is 4.79 Å². The molecule has 0 fully saturated rings. The van der Waals surface area contributed by atoms with E-state index in [1.54, 1.807) is 25.3 Å².